The van der Waals surface area contributed by atoms with Crippen molar-refractivity contribution in [2.75, 3.05) is 0 Å². The zero-order chi connectivity index (χ0) is 19.4. The number of carboxylic acids is 1. The van der Waals surface area contributed by atoms with Gasteiger partial charge in [0.2, 0.25) is 0 Å². The van der Waals surface area contributed by atoms with E-state index >= 15 is 0 Å². The molecule has 0 fully saturated rings. The molecule has 0 spiro atoms. The number of phenolic OH excluding ortho intramolecular Hbond substituents is 1. The Kier molecular flexibility index (Phi) is 6.74. The van der Waals surface area contributed by atoms with Crippen molar-refractivity contribution < 1.29 is 20.1 Å². The van der Waals surface area contributed by atoms with Gasteiger partial charge in [-0.2, -0.15) is 0 Å². The number of carbonyl (C=O) groups is 1. The minimum Gasteiger partial charge on any atom is -0.507 e. The highest BCUT2D eigenvalue weighted by molar-refractivity contribution is 5.94. The zero-order valence-corrected chi connectivity index (χ0v) is 16.4. The summed E-state index contributed by atoms with van der Waals surface area (Å²) >= 11 is 0. The lowest BCUT2D eigenvalue weighted by Crippen LogP contribution is -2.22. The van der Waals surface area contributed by atoms with Gasteiger partial charge in [-0.05, 0) is 56.1 Å². The van der Waals surface area contributed by atoms with Gasteiger partial charge in [0, 0.05) is 11.5 Å². The molecular weight excluding hydrogens is 328 g/mol. The van der Waals surface area contributed by atoms with E-state index < -0.39 is 5.97 Å². The molecule has 0 heterocycles. The molecule has 1 aliphatic rings. The molecule has 1 unspecified atom stereocenters. The third-order valence-electron chi connectivity index (χ3n) is 5.65. The summed E-state index contributed by atoms with van der Waals surface area (Å²) < 4.78 is 0. The Morgan fingerprint density at radius 2 is 1.96 bits per heavy atom. The summed E-state index contributed by atoms with van der Waals surface area (Å²) in [6, 6.07) is 1.56. The van der Waals surface area contributed by atoms with Crippen LogP contribution >= 0.6 is 0 Å². The van der Waals surface area contributed by atoms with Crippen molar-refractivity contribution in [3.63, 3.8) is 0 Å². The first-order valence-corrected chi connectivity index (χ1v) is 9.76. The van der Waals surface area contributed by atoms with Crippen LogP contribution in [0.2, 0.25) is 0 Å². The van der Waals surface area contributed by atoms with Crippen molar-refractivity contribution in [1.29, 1.82) is 0 Å². The van der Waals surface area contributed by atoms with Crippen LogP contribution in [-0.4, -0.2) is 21.3 Å². The molecule has 0 bridgehead atoms. The molecule has 0 radical (unpaired) electrons. The molecule has 0 amide bonds. The highest BCUT2D eigenvalue weighted by Gasteiger charge is 2.33. The number of rotatable bonds is 7. The van der Waals surface area contributed by atoms with E-state index in [2.05, 4.69) is 33.8 Å². The molecular formula is C22H32O4. The van der Waals surface area contributed by atoms with Crippen LogP contribution in [0.1, 0.15) is 87.2 Å². The van der Waals surface area contributed by atoms with Crippen LogP contribution in [-0.2, 0) is 6.42 Å². The molecule has 1 aromatic rings. The van der Waals surface area contributed by atoms with Crippen molar-refractivity contribution in [2.24, 2.45) is 11.8 Å². The van der Waals surface area contributed by atoms with Crippen LogP contribution in [0.25, 0.3) is 0 Å². The number of carboxylic acid groups (broad SMARTS) is 1. The summed E-state index contributed by atoms with van der Waals surface area (Å²) in [6.45, 7) is 8.41. The third-order valence-corrected chi connectivity index (χ3v) is 5.65. The lowest BCUT2D eigenvalue weighted by molar-refractivity contribution is 0.0692. The van der Waals surface area contributed by atoms with Gasteiger partial charge in [0.1, 0.15) is 17.1 Å². The molecule has 1 aliphatic carbocycles. The average molecular weight is 360 g/mol. The average Bonchev–Trinajstić information content (AvgIpc) is 2.54. The summed E-state index contributed by atoms with van der Waals surface area (Å²) in [7, 11) is 0. The number of hydrogen-bond donors (Lipinski definition) is 3. The highest BCUT2D eigenvalue weighted by atomic mass is 16.4. The predicted molar refractivity (Wildman–Crippen MR) is 104 cm³/mol. The van der Waals surface area contributed by atoms with Gasteiger partial charge in [0.05, 0.1) is 0 Å². The largest absolute Gasteiger partial charge is 0.507 e. The summed E-state index contributed by atoms with van der Waals surface area (Å²) in [5.41, 5.74) is 2.06. The quantitative estimate of drug-likeness (QED) is 0.435. The van der Waals surface area contributed by atoms with Crippen molar-refractivity contribution in [3.8, 4) is 11.5 Å². The van der Waals surface area contributed by atoms with Crippen LogP contribution in [0, 0.1) is 11.8 Å². The second-order valence-corrected chi connectivity index (χ2v) is 7.94. The Hall–Kier alpha value is -1.97. The summed E-state index contributed by atoms with van der Waals surface area (Å²) in [6.07, 6.45) is 7.47. The maximum absolute atomic E-state index is 11.8. The minimum atomic E-state index is -1.13. The van der Waals surface area contributed by atoms with E-state index in [1.54, 1.807) is 6.07 Å². The lowest BCUT2D eigenvalue weighted by Gasteiger charge is -2.34. The molecule has 144 valence electrons. The van der Waals surface area contributed by atoms with E-state index in [9.17, 15) is 20.1 Å². The smallest absolute Gasteiger partial charge is 0.339 e. The Morgan fingerprint density at radius 3 is 2.54 bits per heavy atom. The van der Waals surface area contributed by atoms with E-state index in [4.69, 9.17) is 0 Å². The van der Waals surface area contributed by atoms with Gasteiger partial charge in [-0.25, -0.2) is 4.79 Å². The van der Waals surface area contributed by atoms with Crippen LogP contribution in [0.15, 0.2) is 17.7 Å². The zero-order valence-electron chi connectivity index (χ0n) is 16.4. The normalized spacial score (nSPS) is 20.3. The SMILES string of the molecule is CCCCCc1cc(O)c(C2C=C(C)CC[C@H]2C(C)C)c(O)c1C(=O)O. The molecule has 4 nitrogen and oxygen atoms in total. The topological polar surface area (TPSA) is 77.8 Å². The van der Waals surface area contributed by atoms with E-state index in [1.165, 1.54) is 5.57 Å². The van der Waals surface area contributed by atoms with Gasteiger partial charge >= 0.3 is 5.97 Å². The lowest BCUT2D eigenvalue weighted by atomic mass is 9.71. The molecule has 0 saturated heterocycles. The fourth-order valence-corrected chi connectivity index (χ4v) is 4.19. The number of hydrogen-bond acceptors (Lipinski definition) is 3. The number of aryl methyl sites for hydroxylation is 1. The maximum Gasteiger partial charge on any atom is 0.339 e. The summed E-state index contributed by atoms with van der Waals surface area (Å²) in [4.78, 5) is 11.8. The molecule has 3 N–H and O–H groups in total. The van der Waals surface area contributed by atoms with Crippen LogP contribution < -0.4 is 0 Å². The Labute approximate surface area is 156 Å². The van der Waals surface area contributed by atoms with Gasteiger partial charge in [-0.1, -0.05) is 45.3 Å². The number of allylic oxidation sites excluding steroid dienone is 2. The van der Waals surface area contributed by atoms with Crippen LogP contribution in [0.5, 0.6) is 11.5 Å². The fraction of sp³-hybridized carbons (Fsp3) is 0.591. The number of phenols is 2. The minimum absolute atomic E-state index is 0.0144. The van der Waals surface area contributed by atoms with E-state index in [-0.39, 0.29) is 28.9 Å². The second-order valence-electron chi connectivity index (χ2n) is 7.94. The monoisotopic (exact) mass is 360 g/mol. The van der Waals surface area contributed by atoms with Crippen LogP contribution in [0.4, 0.5) is 0 Å². The Bertz CT molecular complexity index is 688. The molecule has 0 aliphatic heterocycles. The fourth-order valence-electron chi connectivity index (χ4n) is 4.19. The number of aromatic hydroxyl groups is 2. The van der Waals surface area contributed by atoms with E-state index in [0.29, 0.717) is 23.5 Å². The van der Waals surface area contributed by atoms with E-state index in [0.717, 1.165) is 32.1 Å². The number of benzene rings is 1. The first-order chi connectivity index (χ1) is 12.3. The molecule has 2 rings (SSSR count). The van der Waals surface area contributed by atoms with Gasteiger partial charge < -0.3 is 15.3 Å². The molecule has 26 heavy (non-hydrogen) atoms. The van der Waals surface area contributed by atoms with Crippen LogP contribution in [0.3, 0.4) is 0 Å². The number of unbranched alkanes of at least 4 members (excludes halogenated alkanes) is 2. The van der Waals surface area contributed by atoms with Crippen molar-refractivity contribution in [1.82, 2.24) is 0 Å². The molecule has 2 atom stereocenters. The van der Waals surface area contributed by atoms with Gasteiger partial charge in [0.15, 0.2) is 0 Å². The van der Waals surface area contributed by atoms with Gasteiger partial charge in [-0.3, -0.25) is 0 Å². The molecule has 0 saturated carbocycles. The van der Waals surface area contributed by atoms with Gasteiger partial charge in [-0.15, -0.1) is 0 Å². The first-order valence-electron chi connectivity index (χ1n) is 9.76. The van der Waals surface area contributed by atoms with Gasteiger partial charge in [0.25, 0.3) is 0 Å². The summed E-state index contributed by atoms with van der Waals surface area (Å²) in [5.74, 6) is -0.894. The van der Waals surface area contributed by atoms with Crippen molar-refractivity contribution in [2.45, 2.75) is 72.1 Å². The number of aromatic carboxylic acids is 1. The molecule has 0 aromatic heterocycles. The summed E-state index contributed by atoms with van der Waals surface area (Å²) in [5, 5.41) is 31.2. The first kappa shape index (κ1) is 20.3. The Morgan fingerprint density at radius 1 is 1.27 bits per heavy atom. The predicted octanol–water partition coefficient (Wildman–Crippen LogP) is 5.62. The third kappa shape index (κ3) is 4.22. The van der Waals surface area contributed by atoms with Crippen molar-refractivity contribution >= 4 is 5.97 Å². The van der Waals surface area contributed by atoms with Crippen molar-refractivity contribution in [3.05, 3.63) is 34.4 Å². The molecule has 4 heteroatoms. The maximum atomic E-state index is 11.8. The standard InChI is InChI=1S/C22H32O4/c1-5-6-7-8-15-12-18(23)20(21(24)19(15)22(25)26)17-11-14(4)9-10-16(17)13(2)3/h11-13,16-17,23-24H,5-10H2,1-4H3,(H,25,26)/t16-,17?/m0/s1. The Balaban J connectivity index is 2.56. The molecule has 1 aromatic carbocycles. The second kappa shape index (κ2) is 8.61. The van der Waals surface area contributed by atoms with E-state index in [1.807, 2.05) is 0 Å². The highest BCUT2D eigenvalue weighted by Crippen LogP contribution is 2.48.